The van der Waals surface area contributed by atoms with Crippen molar-refractivity contribution in [1.82, 2.24) is 24.8 Å². The van der Waals surface area contributed by atoms with E-state index in [1.165, 1.54) is 0 Å². The fourth-order valence-corrected chi connectivity index (χ4v) is 3.13. The van der Waals surface area contributed by atoms with Crippen LogP contribution in [0.1, 0.15) is 44.7 Å². The maximum absolute atomic E-state index is 12.4. The van der Waals surface area contributed by atoms with Gasteiger partial charge in [0.1, 0.15) is 5.82 Å². The molecule has 7 nitrogen and oxygen atoms in total. The molecule has 7 heteroatoms. The Balaban J connectivity index is 1.76. The van der Waals surface area contributed by atoms with Crippen molar-refractivity contribution >= 4 is 17.5 Å². The van der Waals surface area contributed by atoms with Crippen molar-refractivity contribution < 1.29 is 4.79 Å². The van der Waals surface area contributed by atoms with E-state index in [9.17, 15) is 4.79 Å². The lowest BCUT2D eigenvalue weighted by Crippen LogP contribution is -2.39. The van der Waals surface area contributed by atoms with Gasteiger partial charge in [0.05, 0.1) is 11.9 Å². The molecule has 0 spiro atoms. The molecule has 3 rings (SSSR count). The largest absolute Gasteiger partial charge is 0.342 e. The second-order valence-corrected chi connectivity index (χ2v) is 6.78. The number of nitrogens with one attached hydrogen (secondary N) is 1. The van der Waals surface area contributed by atoms with E-state index < -0.39 is 0 Å². The number of rotatable bonds is 5. The fraction of sp³-hybridized carbons (Fsp3) is 0.500. The van der Waals surface area contributed by atoms with E-state index >= 15 is 0 Å². The number of piperidine rings is 1. The molecule has 3 heterocycles. The van der Waals surface area contributed by atoms with Crippen LogP contribution in [0.4, 0.5) is 11.6 Å². The molecule has 132 valence electrons. The van der Waals surface area contributed by atoms with Crippen LogP contribution in [0.2, 0.25) is 0 Å². The van der Waals surface area contributed by atoms with Gasteiger partial charge in [-0.3, -0.25) is 14.8 Å². The van der Waals surface area contributed by atoms with E-state index in [1.807, 2.05) is 4.90 Å². The first-order valence-electron chi connectivity index (χ1n) is 8.75. The minimum absolute atomic E-state index is 0.178. The Hall–Kier alpha value is -2.57. The summed E-state index contributed by atoms with van der Waals surface area (Å²) in [6.07, 6.45) is 10.8. The Labute approximate surface area is 147 Å². The molecule has 1 amide bonds. The van der Waals surface area contributed by atoms with Gasteiger partial charge in [0.2, 0.25) is 5.91 Å². The molecule has 1 aliphatic rings. The van der Waals surface area contributed by atoms with Gasteiger partial charge in [-0.05, 0) is 18.8 Å². The average molecular weight is 340 g/mol. The second kappa shape index (κ2) is 8.00. The van der Waals surface area contributed by atoms with Crippen LogP contribution in [0.15, 0.2) is 31.0 Å². The van der Waals surface area contributed by atoms with Crippen molar-refractivity contribution in [3.63, 3.8) is 0 Å². The zero-order valence-electron chi connectivity index (χ0n) is 14.7. The molecular formula is C18H24N6O. The lowest BCUT2D eigenvalue weighted by atomic mass is 9.93. The number of nitrogens with zero attached hydrogens (tertiary/aromatic N) is 5. The molecule has 1 unspecified atom stereocenters. The summed E-state index contributed by atoms with van der Waals surface area (Å²) in [6.45, 7) is 5.67. The Morgan fingerprint density at radius 1 is 1.24 bits per heavy atom. The van der Waals surface area contributed by atoms with Gasteiger partial charge in [-0.1, -0.05) is 13.8 Å². The van der Waals surface area contributed by atoms with Crippen LogP contribution in [0.3, 0.4) is 0 Å². The lowest BCUT2D eigenvalue weighted by Gasteiger charge is -2.33. The molecule has 2 aromatic rings. The van der Waals surface area contributed by atoms with Crippen LogP contribution in [0, 0.1) is 5.92 Å². The number of carbonyl (C=O) groups excluding carboxylic acids is 1. The van der Waals surface area contributed by atoms with Crippen molar-refractivity contribution in [2.45, 2.75) is 39.0 Å². The zero-order chi connectivity index (χ0) is 17.6. The molecular weight excluding hydrogens is 316 g/mol. The number of carbonyl (C=O) groups is 1. The lowest BCUT2D eigenvalue weighted by molar-refractivity contribution is -0.133. The summed E-state index contributed by atoms with van der Waals surface area (Å²) in [6, 6.07) is 0. The van der Waals surface area contributed by atoms with Crippen LogP contribution in [0.25, 0.3) is 0 Å². The summed E-state index contributed by atoms with van der Waals surface area (Å²) in [7, 11) is 0. The van der Waals surface area contributed by atoms with Crippen molar-refractivity contribution in [2.24, 2.45) is 5.92 Å². The first-order valence-corrected chi connectivity index (χ1v) is 8.75. The van der Waals surface area contributed by atoms with Gasteiger partial charge in [0.25, 0.3) is 0 Å². The monoisotopic (exact) mass is 340 g/mol. The standard InChI is InChI=1S/C18H24N6O/c1-13(2)10-16(25)24-9-3-4-14(12-24)17-18(22-8-7-21-17)23-15-11-19-5-6-20-15/h5-8,11,13-14H,3-4,9-10,12H2,1-2H3,(H,20,22,23). The number of hydrogen-bond donors (Lipinski definition) is 1. The summed E-state index contributed by atoms with van der Waals surface area (Å²) in [5.41, 5.74) is 0.884. The van der Waals surface area contributed by atoms with Gasteiger partial charge < -0.3 is 10.2 Å². The van der Waals surface area contributed by atoms with Gasteiger partial charge in [-0.25, -0.2) is 9.97 Å². The second-order valence-electron chi connectivity index (χ2n) is 6.78. The first-order chi connectivity index (χ1) is 12.1. The van der Waals surface area contributed by atoms with Crippen molar-refractivity contribution in [2.75, 3.05) is 18.4 Å². The van der Waals surface area contributed by atoms with Gasteiger partial charge in [-0.2, -0.15) is 0 Å². The first kappa shape index (κ1) is 17.3. The third-order valence-corrected chi connectivity index (χ3v) is 4.28. The van der Waals surface area contributed by atoms with Crippen molar-refractivity contribution in [3.05, 3.63) is 36.7 Å². The molecule has 2 aromatic heterocycles. The minimum Gasteiger partial charge on any atom is -0.342 e. The predicted molar refractivity (Wildman–Crippen MR) is 95.4 cm³/mol. The van der Waals surface area contributed by atoms with E-state index in [1.54, 1.807) is 31.0 Å². The van der Waals surface area contributed by atoms with Crippen LogP contribution in [-0.2, 0) is 4.79 Å². The molecule has 1 saturated heterocycles. The van der Waals surface area contributed by atoms with Crippen LogP contribution in [0.5, 0.6) is 0 Å². The molecule has 1 fully saturated rings. The van der Waals surface area contributed by atoms with E-state index in [0.29, 0.717) is 30.5 Å². The van der Waals surface area contributed by atoms with E-state index in [4.69, 9.17) is 0 Å². The molecule has 0 radical (unpaired) electrons. The molecule has 0 bridgehead atoms. The maximum Gasteiger partial charge on any atom is 0.222 e. The van der Waals surface area contributed by atoms with E-state index in [-0.39, 0.29) is 11.8 Å². The van der Waals surface area contributed by atoms with Crippen molar-refractivity contribution in [3.8, 4) is 0 Å². The highest BCUT2D eigenvalue weighted by atomic mass is 16.2. The van der Waals surface area contributed by atoms with Gasteiger partial charge >= 0.3 is 0 Å². The molecule has 0 aromatic carbocycles. The van der Waals surface area contributed by atoms with Gasteiger partial charge in [-0.15, -0.1) is 0 Å². The van der Waals surface area contributed by atoms with Crippen molar-refractivity contribution in [1.29, 1.82) is 0 Å². The Morgan fingerprint density at radius 3 is 2.80 bits per heavy atom. The number of likely N-dealkylation sites (tertiary alicyclic amines) is 1. The maximum atomic E-state index is 12.4. The van der Waals surface area contributed by atoms with Crippen LogP contribution < -0.4 is 5.32 Å². The predicted octanol–water partition coefficient (Wildman–Crippen LogP) is 2.76. The molecule has 0 aliphatic carbocycles. The number of hydrogen-bond acceptors (Lipinski definition) is 6. The Morgan fingerprint density at radius 2 is 2.04 bits per heavy atom. The summed E-state index contributed by atoms with van der Waals surface area (Å²) in [5.74, 6) is 2.10. The molecule has 1 N–H and O–H groups in total. The zero-order valence-corrected chi connectivity index (χ0v) is 14.7. The summed E-state index contributed by atoms with van der Waals surface area (Å²) < 4.78 is 0. The SMILES string of the molecule is CC(C)CC(=O)N1CCCC(c2nccnc2Nc2cnccn2)C1. The third-order valence-electron chi connectivity index (χ3n) is 4.28. The minimum atomic E-state index is 0.178. The highest BCUT2D eigenvalue weighted by molar-refractivity contribution is 5.76. The topological polar surface area (TPSA) is 83.9 Å². The smallest absolute Gasteiger partial charge is 0.222 e. The summed E-state index contributed by atoms with van der Waals surface area (Å²) >= 11 is 0. The average Bonchev–Trinajstić information content (AvgIpc) is 2.63. The molecule has 0 saturated carbocycles. The Bertz CT molecular complexity index is 706. The summed E-state index contributed by atoms with van der Waals surface area (Å²) in [4.78, 5) is 31.6. The van der Waals surface area contributed by atoms with Gasteiger partial charge in [0, 0.05) is 50.2 Å². The third kappa shape index (κ3) is 4.49. The number of aromatic nitrogens is 4. The van der Waals surface area contributed by atoms with Gasteiger partial charge in [0.15, 0.2) is 5.82 Å². The highest BCUT2D eigenvalue weighted by Crippen LogP contribution is 2.30. The normalized spacial score (nSPS) is 17.6. The van der Waals surface area contributed by atoms with Crippen LogP contribution >= 0.6 is 0 Å². The van der Waals surface area contributed by atoms with Crippen LogP contribution in [-0.4, -0.2) is 43.8 Å². The summed E-state index contributed by atoms with van der Waals surface area (Å²) in [5, 5.41) is 3.20. The van der Waals surface area contributed by atoms with E-state index in [0.717, 1.165) is 25.1 Å². The molecule has 1 aliphatic heterocycles. The number of anilines is 2. The Kier molecular flexibility index (Phi) is 5.53. The highest BCUT2D eigenvalue weighted by Gasteiger charge is 2.27. The number of amides is 1. The van der Waals surface area contributed by atoms with E-state index in [2.05, 4.69) is 39.1 Å². The quantitative estimate of drug-likeness (QED) is 0.901. The molecule has 1 atom stereocenters. The fourth-order valence-electron chi connectivity index (χ4n) is 3.13. The molecule has 25 heavy (non-hydrogen) atoms.